The van der Waals surface area contributed by atoms with Crippen molar-refractivity contribution in [3.05, 3.63) is 72.9 Å². The molecule has 0 heterocycles. The number of unbranched alkanes of at least 4 members (excludes halogenated alkanes) is 26. The molecule has 482 valence electrons. The van der Waals surface area contributed by atoms with Gasteiger partial charge in [-0.3, -0.25) is 32.5 Å². The van der Waals surface area contributed by atoms with Gasteiger partial charge in [-0.05, 0) is 103 Å². The molecule has 0 aliphatic rings. The molecule has 0 saturated heterocycles. The van der Waals surface area contributed by atoms with Gasteiger partial charge in [-0.25, -0.2) is 9.13 Å². The molecule has 0 aliphatic heterocycles. The van der Waals surface area contributed by atoms with Crippen LogP contribution in [0.15, 0.2) is 72.9 Å². The van der Waals surface area contributed by atoms with Gasteiger partial charge in [-0.2, -0.15) is 0 Å². The fourth-order valence-corrected chi connectivity index (χ4v) is 9.92. The molecular weight excluding hydrogens is 1100 g/mol. The van der Waals surface area contributed by atoms with Gasteiger partial charge in [0.15, 0.2) is 6.10 Å². The SMILES string of the molecule is CCCC/C=C\CCCCCCCC(=O)OCC(COP(=O)(O)OCC(O)COP(=O)(O)OCC(O)COC(=O)CCCCCCCCCCC/C=C\C/C=C\C/C=C\C/C=C\CCCCC)OC(=O)CCCCCCC/C=C\CCCC. The lowest BCUT2D eigenvalue weighted by Gasteiger charge is -2.21. The number of esters is 3. The molecule has 0 radical (unpaired) electrons. The molecule has 0 amide bonds. The van der Waals surface area contributed by atoms with E-state index in [1.165, 1.54) is 77.0 Å². The number of carbonyl (C=O) groups excluding carboxylic acids is 3. The van der Waals surface area contributed by atoms with Crippen molar-refractivity contribution in [2.45, 2.75) is 283 Å². The van der Waals surface area contributed by atoms with E-state index in [1.807, 2.05) is 0 Å². The molecular formula is C65H116O16P2. The van der Waals surface area contributed by atoms with Crippen molar-refractivity contribution in [2.24, 2.45) is 0 Å². The summed E-state index contributed by atoms with van der Waals surface area (Å²) in [6, 6.07) is 0. The van der Waals surface area contributed by atoms with E-state index in [9.17, 15) is 43.5 Å². The topological polar surface area (TPSA) is 231 Å². The average molecular weight is 1220 g/mol. The minimum Gasteiger partial charge on any atom is -0.463 e. The van der Waals surface area contributed by atoms with Gasteiger partial charge in [0, 0.05) is 19.3 Å². The van der Waals surface area contributed by atoms with Crippen molar-refractivity contribution in [3.8, 4) is 0 Å². The first-order valence-corrected chi connectivity index (χ1v) is 35.2. The van der Waals surface area contributed by atoms with E-state index in [1.54, 1.807) is 0 Å². The molecule has 0 rings (SSSR count). The summed E-state index contributed by atoms with van der Waals surface area (Å²) in [6.07, 6.45) is 59.9. The van der Waals surface area contributed by atoms with Crippen molar-refractivity contribution in [3.63, 3.8) is 0 Å². The maximum absolute atomic E-state index is 12.8. The fraction of sp³-hybridized carbons (Fsp3) is 0.769. The molecule has 0 aromatic heterocycles. The number of hydrogen-bond acceptors (Lipinski definition) is 14. The first-order valence-electron chi connectivity index (χ1n) is 32.2. The van der Waals surface area contributed by atoms with Crippen LogP contribution in [0.4, 0.5) is 0 Å². The predicted octanol–water partition coefficient (Wildman–Crippen LogP) is 17.2. The summed E-state index contributed by atoms with van der Waals surface area (Å²) < 4.78 is 60.6. The minimum absolute atomic E-state index is 0.0940. The second-order valence-electron chi connectivity index (χ2n) is 21.6. The molecule has 5 unspecified atom stereocenters. The van der Waals surface area contributed by atoms with E-state index in [-0.39, 0.29) is 19.3 Å². The molecule has 83 heavy (non-hydrogen) atoms. The van der Waals surface area contributed by atoms with Gasteiger partial charge in [0.2, 0.25) is 0 Å². The monoisotopic (exact) mass is 1210 g/mol. The highest BCUT2D eigenvalue weighted by atomic mass is 31.2. The maximum atomic E-state index is 12.8. The van der Waals surface area contributed by atoms with Crippen LogP contribution in [-0.4, -0.2) is 95.9 Å². The Labute approximate surface area is 503 Å². The minimum atomic E-state index is -4.91. The largest absolute Gasteiger partial charge is 0.472 e. The highest BCUT2D eigenvalue weighted by molar-refractivity contribution is 7.47. The number of hydrogen-bond donors (Lipinski definition) is 4. The molecule has 18 heteroatoms. The fourth-order valence-electron chi connectivity index (χ4n) is 8.34. The van der Waals surface area contributed by atoms with Gasteiger partial charge < -0.3 is 34.2 Å². The van der Waals surface area contributed by atoms with Gasteiger partial charge in [-0.15, -0.1) is 0 Å². The first-order chi connectivity index (χ1) is 40.2. The summed E-state index contributed by atoms with van der Waals surface area (Å²) in [6.45, 7) is 2.52. The lowest BCUT2D eigenvalue weighted by Crippen LogP contribution is -2.30. The number of carbonyl (C=O) groups is 3. The Morgan fingerprint density at radius 1 is 0.337 bits per heavy atom. The molecule has 4 N–H and O–H groups in total. The second kappa shape index (κ2) is 59.3. The molecule has 0 fully saturated rings. The molecule has 5 atom stereocenters. The lowest BCUT2D eigenvalue weighted by atomic mass is 10.1. The number of rotatable bonds is 61. The number of aliphatic hydroxyl groups is 2. The summed E-state index contributed by atoms with van der Waals surface area (Å²) in [5, 5.41) is 20.5. The number of phosphoric ester groups is 2. The third-order valence-corrected chi connectivity index (χ3v) is 15.3. The van der Waals surface area contributed by atoms with E-state index < -0.39 is 91.5 Å². The maximum Gasteiger partial charge on any atom is 0.472 e. The van der Waals surface area contributed by atoms with Crippen molar-refractivity contribution in [1.82, 2.24) is 0 Å². The third kappa shape index (κ3) is 60.5. The Kier molecular flexibility index (Phi) is 57.2. The van der Waals surface area contributed by atoms with Crippen LogP contribution < -0.4 is 0 Å². The van der Waals surface area contributed by atoms with E-state index in [0.29, 0.717) is 19.3 Å². The van der Waals surface area contributed by atoms with Gasteiger partial charge >= 0.3 is 33.6 Å². The van der Waals surface area contributed by atoms with Crippen molar-refractivity contribution < 1.29 is 75.8 Å². The van der Waals surface area contributed by atoms with Gasteiger partial charge in [-0.1, -0.05) is 216 Å². The molecule has 0 aliphatic carbocycles. The Morgan fingerprint density at radius 2 is 0.614 bits per heavy atom. The van der Waals surface area contributed by atoms with E-state index in [2.05, 4.69) is 93.7 Å². The Morgan fingerprint density at radius 3 is 1.00 bits per heavy atom. The van der Waals surface area contributed by atoms with Crippen LogP contribution in [0.1, 0.15) is 265 Å². The van der Waals surface area contributed by atoms with Crippen LogP contribution in [0.25, 0.3) is 0 Å². The summed E-state index contributed by atoms with van der Waals surface area (Å²) in [5.74, 6) is -1.60. The molecule has 0 aromatic rings. The predicted molar refractivity (Wildman–Crippen MR) is 335 cm³/mol. The summed E-state index contributed by atoms with van der Waals surface area (Å²) in [5.41, 5.74) is 0. The lowest BCUT2D eigenvalue weighted by molar-refractivity contribution is -0.161. The number of allylic oxidation sites excluding steroid dienone is 12. The zero-order valence-corrected chi connectivity index (χ0v) is 53.6. The van der Waals surface area contributed by atoms with Crippen LogP contribution in [0.2, 0.25) is 0 Å². The zero-order valence-electron chi connectivity index (χ0n) is 51.9. The Hall–Kier alpha value is -3.01. The normalized spacial score (nSPS) is 14.8. The highest BCUT2D eigenvalue weighted by Crippen LogP contribution is 2.45. The molecule has 0 aromatic carbocycles. The van der Waals surface area contributed by atoms with E-state index >= 15 is 0 Å². The Balaban J connectivity index is 4.45. The Bertz CT molecular complexity index is 1820. The summed E-state index contributed by atoms with van der Waals surface area (Å²) in [7, 11) is -9.76. The summed E-state index contributed by atoms with van der Waals surface area (Å²) >= 11 is 0. The van der Waals surface area contributed by atoms with Gasteiger partial charge in [0.25, 0.3) is 0 Å². The highest BCUT2D eigenvalue weighted by Gasteiger charge is 2.29. The smallest absolute Gasteiger partial charge is 0.463 e. The number of phosphoric acid groups is 2. The van der Waals surface area contributed by atoms with E-state index in [0.717, 1.165) is 128 Å². The van der Waals surface area contributed by atoms with Crippen LogP contribution in [0.3, 0.4) is 0 Å². The van der Waals surface area contributed by atoms with Gasteiger partial charge in [0.1, 0.15) is 25.4 Å². The van der Waals surface area contributed by atoms with Crippen molar-refractivity contribution in [2.75, 3.05) is 39.6 Å². The zero-order chi connectivity index (χ0) is 61.0. The van der Waals surface area contributed by atoms with Crippen LogP contribution in [0.5, 0.6) is 0 Å². The average Bonchev–Trinajstić information content (AvgIpc) is 3.46. The van der Waals surface area contributed by atoms with Crippen LogP contribution in [0, 0.1) is 0 Å². The van der Waals surface area contributed by atoms with Gasteiger partial charge in [0.05, 0.1) is 26.4 Å². The first kappa shape index (κ1) is 80.0. The van der Waals surface area contributed by atoms with Crippen LogP contribution >= 0.6 is 15.6 Å². The molecule has 0 bridgehead atoms. The van der Waals surface area contributed by atoms with Crippen LogP contribution in [-0.2, 0) is 55.8 Å². The molecule has 16 nitrogen and oxygen atoms in total. The standard InChI is InChI=1S/C65H116O16P2/c1-4-7-10-13-16-19-22-23-24-25-26-27-28-29-30-31-32-33-34-35-38-40-42-45-48-51-63(68)75-54-60(66)55-77-82(71,72)78-56-61(67)57-79-83(73,74)80-59-62(81-65(70)53-50-47-44-41-37-21-18-15-12-9-6-3)58-76-64(69)52-49-46-43-39-36-20-17-14-11-8-5-2/h14-19,23-24,26-27,29-30,60-62,66-67H,4-13,20-22,25,28,31-59H2,1-3H3,(H,71,72)(H,73,74)/b17-14-,18-15-,19-16-,24-23-,27-26-,30-29-. The quantitative estimate of drug-likeness (QED) is 0.0146. The summed E-state index contributed by atoms with van der Waals surface area (Å²) in [4.78, 5) is 58.0. The number of ether oxygens (including phenoxy) is 3. The molecule has 0 saturated carbocycles. The second-order valence-corrected chi connectivity index (χ2v) is 24.5. The third-order valence-electron chi connectivity index (χ3n) is 13.4. The van der Waals surface area contributed by atoms with E-state index in [4.69, 9.17) is 32.3 Å². The molecule has 0 spiro atoms. The van der Waals surface area contributed by atoms with Crippen molar-refractivity contribution >= 4 is 33.6 Å². The van der Waals surface area contributed by atoms with Crippen molar-refractivity contribution in [1.29, 1.82) is 0 Å². The number of aliphatic hydroxyl groups excluding tert-OH is 2.